The van der Waals surface area contributed by atoms with E-state index in [1.807, 2.05) is 30.3 Å². The molecule has 0 aliphatic rings. The minimum atomic E-state index is -0.970. The van der Waals surface area contributed by atoms with Crippen molar-refractivity contribution in [3.05, 3.63) is 58.7 Å². The second-order valence-corrected chi connectivity index (χ2v) is 6.60. The zero-order valence-electron chi connectivity index (χ0n) is 11.8. The predicted molar refractivity (Wildman–Crippen MR) is 89.4 cm³/mol. The maximum absolute atomic E-state index is 12.0. The lowest BCUT2D eigenvalue weighted by Gasteiger charge is -2.08. The molecule has 2 rings (SSSR count). The number of nitrogens with zero attached hydrogens (tertiary/aromatic N) is 1. The van der Waals surface area contributed by atoms with Crippen molar-refractivity contribution < 1.29 is 9.00 Å². The average Bonchev–Trinajstić information content (AvgIpc) is 2.49. The fraction of sp³-hybridized carbons (Fsp3) is 0.200. The number of carbonyl (C=O) groups excluding carboxylic acids is 1. The fourth-order valence-electron chi connectivity index (χ4n) is 1.82. The highest BCUT2D eigenvalue weighted by Crippen LogP contribution is 2.19. The molecule has 0 bridgehead atoms. The topological polar surface area (TPSA) is 85.1 Å². The molecule has 7 heteroatoms. The number of nitrogens with two attached hydrogens (primary N) is 1. The zero-order chi connectivity index (χ0) is 15.9. The van der Waals surface area contributed by atoms with Gasteiger partial charge >= 0.3 is 0 Å². The van der Waals surface area contributed by atoms with Gasteiger partial charge in [-0.15, -0.1) is 0 Å². The van der Waals surface area contributed by atoms with E-state index in [4.69, 9.17) is 17.3 Å². The van der Waals surface area contributed by atoms with E-state index in [0.717, 1.165) is 5.56 Å². The molecule has 0 radical (unpaired) electrons. The molecule has 1 aromatic heterocycles. The summed E-state index contributed by atoms with van der Waals surface area (Å²) < 4.78 is 12.0. The summed E-state index contributed by atoms with van der Waals surface area (Å²) in [7, 11) is -0.970. The molecule has 2 aromatic rings. The molecule has 0 saturated heterocycles. The number of pyridine rings is 1. The van der Waals surface area contributed by atoms with Crippen LogP contribution in [0.15, 0.2) is 42.6 Å². The number of primary amides is 1. The summed E-state index contributed by atoms with van der Waals surface area (Å²) in [6.07, 6.45) is 1.36. The summed E-state index contributed by atoms with van der Waals surface area (Å²) in [6, 6.07) is 11.1. The molecular weight excluding hydrogens is 322 g/mol. The Morgan fingerprint density at radius 2 is 2.05 bits per heavy atom. The van der Waals surface area contributed by atoms with Gasteiger partial charge in [0.05, 0.1) is 10.6 Å². The third-order valence-corrected chi connectivity index (χ3v) is 4.52. The Balaban J connectivity index is 1.83. The van der Waals surface area contributed by atoms with Gasteiger partial charge in [-0.05, 0) is 11.6 Å². The summed E-state index contributed by atoms with van der Waals surface area (Å²) in [5, 5.41) is 3.32. The van der Waals surface area contributed by atoms with Crippen LogP contribution in [0.4, 0.5) is 5.82 Å². The van der Waals surface area contributed by atoms with Crippen molar-refractivity contribution >= 4 is 34.1 Å². The highest BCUT2D eigenvalue weighted by atomic mass is 35.5. The Hall–Kier alpha value is -1.92. The lowest BCUT2D eigenvalue weighted by Crippen LogP contribution is -2.15. The molecule has 116 valence electrons. The van der Waals surface area contributed by atoms with Crippen LogP contribution in [0.25, 0.3) is 0 Å². The summed E-state index contributed by atoms with van der Waals surface area (Å²) in [5.41, 5.74) is 6.44. The van der Waals surface area contributed by atoms with E-state index >= 15 is 0 Å². The van der Waals surface area contributed by atoms with Crippen molar-refractivity contribution in [2.24, 2.45) is 5.73 Å². The number of rotatable bonds is 7. The van der Waals surface area contributed by atoms with E-state index in [0.29, 0.717) is 28.9 Å². The number of hydrogen-bond donors (Lipinski definition) is 2. The number of amides is 1. The fourth-order valence-corrected chi connectivity index (χ4v) is 3.09. The summed E-state index contributed by atoms with van der Waals surface area (Å²) in [4.78, 5) is 15.0. The van der Waals surface area contributed by atoms with Crippen LogP contribution >= 0.6 is 11.6 Å². The molecule has 1 atom stereocenters. The van der Waals surface area contributed by atoms with Gasteiger partial charge in [-0.2, -0.15) is 0 Å². The molecule has 0 saturated carbocycles. The Morgan fingerprint density at radius 1 is 1.32 bits per heavy atom. The van der Waals surface area contributed by atoms with Crippen molar-refractivity contribution in [3.8, 4) is 0 Å². The third kappa shape index (κ3) is 4.82. The van der Waals surface area contributed by atoms with Gasteiger partial charge in [0, 0.05) is 35.0 Å². The standard InChI is InChI=1S/C15H16ClN3O2S/c16-13-8-12(14(17)20)9-19-15(13)18-6-7-22(21)10-11-4-2-1-3-5-11/h1-5,8-9H,6-7,10H2,(H2,17,20)(H,18,19)/t22-/m0/s1. The predicted octanol–water partition coefficient (Wildman–Crippen LogP) is 2.19. The molecule has 1 aromatic carbocycles. The van der Waals surface area contributed by atoms with E-state index in [1.54, 1.807) is 0 Å². The molecule has 0 aliphatic heterocycles. The first-order chi connectivity index (χ1) is 10.6. The first-order valence-corrected chi connectivity index (χ1v) is 8.51. The van der Waals surface area contributed by atoms with Crippen LogP contribution in [0, 0.1) is 0 Å². The van der Waals surface area contributed by atoms with Gasteiger partial charge in [0.1, 0.15) is 5.82 Å². The maximum Gasteiger partial charge on any atom is 0.250 e. The van der Waals surface area contributed by atoms with Gasteiger partial charge in [-0.1, -0.05) is 41.9 Å². The van der Waals surface area contributed by atoms with Gasteiger partial charge in [0.15, 0.2) is 0 Å². The molecular formula is C15H16ClN3O2S. The first-order valence-electron chi connectivity index (χ1n) is 6.64. The summed E-state index contributed by atoms with van der Waals surface area (Å²) in [5.74, 6) is 0.864. The van der Waals surface area contributed by atoms with Gasteiger partial charge < -0.3 is 11.1 Å². The Labute approximate surface area is 136 Å². The average molecular weight is 338 g/mol. The van der Waals surface area contributed by atoms with Crippen molar-refractivity contribution in [1.82, 2.24) is 4.98 Å². The van der Waals surface area contributed by atoms with Gasteiger partial charge in [-0.3, -0.25) is 9.00 Å². The van der Waals surface area contributed by atoms with Crippen LogP contribution in [0.1, 0.15) is 15.9 Å². The molecule has 1 heterocycles. The number of hydrogen-bond acceptors (Lipinski definition) is 4. The molecule has 0 fully saturated rings. The SMILES string of the molecule is NC(=O)c1cnc(NCC[S@](=O)Cc2ccccc2)c(Cl)c1. The highest BCUT2D eigenvalue weighted by molar-refractivity contribution is 7.84. The van der Waals surface area contributed by atoms with E-state index < -0.39 is 16.7 Å². The molecule has 22 heavy (non-hydrogen) atoms. The van der Waals surface area contributed by atoms with Crippen LogP contribution in [-0.4, -0.2) is 27.4 Å². The molecule has 0 unspecified atom stereocenters. The lowest BCUT2D eigenvalue weighted by atomic mass is 10.2. The van der Waals surface area contributed by atoms with E-state index in [-0.39, 0.29) is 5.56 Å². The molecule has 3 N–H and O–H groups in total. The minimum absolute atomic E-state index is 0.253. The third-order valence-electron chi connectivity index (χ3n) is 2.92. The highest BCUT2D eigenvalue weighted by Gasteiger charge is 2.07. The van der Waals surface area contributed by atoms with Crippen molar-refractivity contribution in [2.75, 3.05) is 17.6 Å². The zero-order valence-corrected chi connectivity index (χ0v) is 13.4. The Kier molecular flexibility index (Phi) is 5.91. The molecule has 1 amide bonds. The number of benzene rings is 1. The second-order valence-electron chi connectivity index (χ2n) is 4.62. The van der Waals surface area contributed by atoms with Crippen LogP contribution < -0.4 is 11.1 Å². The minimum Gasteiger partial charge on any atom is -0.368 e. The Morgan fingerprint density at radius 3 is 2.68 bits per heavy atom. The van der Waals surface area contributed by atoms with Crippen LogP contribution in [-0.2, 0) is 16.6 Å². The Bertz CT molecular complexity index is 680. The van der Waals surface area contributed by atoms with Crippen molar-refractivity contribution in [2.45, 2.75) is 5.75 Å². The number of carbonyl (C=O) groups is 1. The summed E-state index contributed by atoms with van der Waals surface area (Å²) >= 11 is 6.01. The van der Waals surface area contributed by atoms with Gasteiger partial charge in [0.25, 0.3) is 0 Å². The molecule has 0 aliphatic carbocycles. The van der Waals surface area contributed by atoms with E-state index in [2.05, 4.69) is 10.3 Å². The molecule has 0 spiro atoms. The normalized spacial score (nSPS) is 11.9. The quantitative estimate of drug-likeness (QED) is 0.811. The van der Waals surface area contributed by atoms with Crippen LogP contribution in [0.3, 0.4) is 0 Å². The second kappa shape index (κ2) is 7.91. The van der Waals surface area contributed by atoms with E-state index in [1.165, 1.54) is 12.3 Å². The van der Waals surface area contributed by atoms with Crippen LogP contribution in [0.2, 0.25) is 5.02 Å². The smallest absolute Gasteiger partial charge is 0.250 e. The number of aromatic nitrogens is 1. The summed E-state index contributed by atoms with van der Waals surface area (Å²) in [6.45, 7) is 0.474. The van der Waals surface area contributed by atoms with E-state index in [9.17, 15) is 9.00 Å². The van der Waals surface area contributed by atoms with Crippen molar-refractivity contribution in [3.63, 3.8) is 0 Å². The molecule has 5 nitrogen and oxygen atoms in total. The van der Waals surface area contributed by atoms with Crippen LogP contribution in [0.5, 0.6) is 0 Å². The number of anilines is 1. The largest absolute Gasteiger partial charge is 0.368 e. The maximum atomic E-state index is 12.0. The van der Waals surface area contributed by atoms with Crippen molar-refractivity contribution in [1.29, 1.82) is 0 Å². The first kappa shape index (κ1) is 16.5. The lowest BCUT2D eigenvalue weighted by molar-refractivity contribution is 0.1000. The number of halogens is 1. The van der Waals surface area contributed by atoms with Gasteiger partial charge in [0.2, 0.25) is 5.91 Å². The monoisotopic (exact) mass is 337 g/mol. The van der Waals surface area contributed by atoms with Gasteiger partial charge in [-0.25, -0.2) is 4.98 Å². The number of nitrogens with one attached hydrogen (secondary N) is 1.